The molecule has 9 heteroatoms. The van der Waals surface area contributed by atoms with Crippen LogP contribution in [0.1, 0.15) is 69.3 Å². The fraction of sp³-hybridized carbons (Fsp3) is 0.400. The number of benzene rings is 3. The highest BCUT2D eigenvalue weighted by atomic mass is 16.6. The minimum atomic E-state index is -1.06. The summed E-state index contributed by atoms with van der Waals surface area (Å²) in [4.78, 5) is 43.4. The van der Waals surface area contributed by atoms with Crippen LogP contribution in [0.15, 0.2) is 66.7 Å². The minimum absolute atomic E-state index is 0.0861. The first-order valence-corrected chi connectivity index (χ1v) is 14.8. The highest BCUT2D eigenvalue weighted by Gasteiger charge is 2.39. The third-order valence-corrected chi connectivity index (χ3v) is 7.42. The van der Waals surface area contributed by atoms with Gasteiger partial charge in [-0.2, -0.15) is 0 Å². The van der Waals surface area contributed by atoms with Crippen LogP contribution in [0.4, 0.5) is 10.5 Å². The number of phenols is 1. The molecule has 0 saturated heterocycles. The van der Waals surface area contributed by atoms with Crippen molar-refractivity contribution in [3.8, 4) is 11.5 Å². The maximum atomic E-state index is 14.6. The molecule has 0 aliphatic carbocycles. The van der Waals surface area contributed by atoms with Crippen molar-refractivity contribution in [3.63, 3.8) is 0 Å². The van der Waals surface area contributed by atoms with Gasteiger partial charge in [0.2, 0.25) is 5.91 Å². The highest BCUT2D eigenvalue weighted by molar-refractivity contribution is 5.99. The third kappa shape index (κ3) is 9.23. The summed E-state index contributed by atoms with van der Waals surface area (Å²) in [6.45, 7) is 13.0. The lowest BCUT2D eigenvalue weighted by Crippen LogP contribution is -2.55. The monoisotopic (exact) mass is 603 g/mol. The Morgan fingerprint density at radius 2 is 1.57 bits per heavy atom. The molecule has 0 saturated carbocycles. The number of hydrogen-bond acceptors (Lipinski definition) is 6. The third-order valence-electron chi connectivity index (χ3n) is 7.42. The van der Waals surface area contributed by atoms with E-state index in [1.54, 1.807) is 69.2 Å². The van der Waals surface area contributed by atoms with Crippen molar-refractivity contribution in [1.82, 2.24) is 10.2 Å². The minimum Gasteiger partial charge on any atom is -0.508 e. The zero-order chi connectivity index (χ0) is 32.6. The van der Waals surface area contributed by atoms with Gasteiger partial charge in [-0.25, -0.2) is 4.79 Å². The number of carbonyl (C=O) groups is 3. The average Bonchev–Trinajstić information content (AvgIpc) is 2.96. The smallest absolute Gasteiger partial charge is 0.408 e. The molecule has 0 fully saturated rings. The maximum absolute atomic E-state index is 14.6. The fourth-order valence-corrected chi connectivity index (χ4v) is 4.75. The Hall–Kier alpha value is -4.53. The van der Waals surface area contributed by atoms with Gasteiger partial charge >= 0.3 is 6.09 Å². The molecule has 3 aromatic carbocycles. The Morgan fingerprint density at radius 3 is 2.11 bits per heavy atom. The maximum Gasteiger partial charge on any atom is 0.408 e. The number of aromatic hydroxyl groups is 1. The summed E-state index contributed by atoms with van der Waals surface area (Å²) in [5.74, 6) is -0.0995. The molecular weight excluding hydrogens is 558 g/mol. The van der Waals surface area contributed by atoms with E-state index in [9.17, 15) is 19.5 Å². The number of nitrogens with zero attached hydrogens (tertiary/aromatic N) is 1. The number of phenolic OH excluding ortho intramolecular Hbond substituents is 1. The van der Waals surface area contributed by atoms with Gasteiger partial charge in [0, 0.05) is 18.2 Å². The summed E-state index contributed by atoms with van der Waals surface area (Å²) in [7, 11) is 1.57. The van der Waals surface area contributed by atoms with E-state index in [0.29, 0.717) is 29.0 Å². The van der Waals surface area contributed by atoms with Gasteiger partial charge in [0.15, 0.2) is 0 Å². The molecular formula is C35H45N3O6. The molecule has 0 radical (unpaired) electrons. The number of methoxy groups -OCH3 is 1. The molecule has 0 bridgehead atoms. The topological polar surface area (TPSA) is 117 Å². The van der Waals surface area contributed by atoms with Gasteiger partial charge in [-0.05, 0) is 107 Å². The van der Waals surface area contributed by atoms with Crippen LogP contribution in [0.3, 0.4) is 0 Å². The molecule has 44 heavy (non-hydrogen) atoms. The van der Waals surface area contributed by atoms with Crippen LogP contribution in [0.25, 0.3) is 0 Å². The molecule has 0 heterocycles. The molecule has 3 unspecified atom stereocenters. The van der Waals surface area contributed by atoms with Crippen molar-refractivity contribution in [2.24, 2.45) is 0 Å². The Bertz CT molecular complexity index is 1430. The van der Waals surface area contributed by atoms with E-state index in [-0.39, 0.29) is 18.2 Å². The van der Waals surface area contributed by atoms with Crippen LogP contribution in [0.2, 0.25) is 0 Å². The lowest BCUT2D eigenvalue weighted by Gasteiger charge is -2.38. The number of anilines is 1. The number of hydrogen-bond donors (Lipinski definition) is 3. The molecule has 0 aliphatic rings. The molecule has 3 N–H and O–H groups in total. The summed E-state index contributed by atoms with van der Waals surface area (Å²) in [5, 5.41) is 15.5. The predicted molar refractivity (Wildman–Crippen MR) is 172 cm³/mol. The standard InChI is InChI=1S/C35H45N3O6/c1-9-24(4)38(33(41)30(37-34(42)44-35(5,6)7)21-25-11-16-28(39)17-12-25)31(26-13-10-22(2)23(3)20-26)32(40)36-27-14-18-29(43-8)19-15-27/h10-20,24,30-31,39H,9,21H2,1-8H3,(H,36,40)(H,37,42). The normalized spacial score (nSPS) is 13.3. The highest BCUT2D eigenvalue weighted by Crippen LogP contribution is 2.30. The van der Waals surface area contributed by atoms with E-state index in [1.807, 2.05) is 45.9 Å². The van der Waals surface area contributed by atoms with Crippen LogP contribution in [0.5, 0.6) is 11.5 Å². The van der Waals surface area contributed by atoms with Crippen LogP contribution >= 0.6 is 0 Å². The van der Waals surface area contributed by atoms with Gasteiger partial charge in [0.05, 0.1) is 7.11 Å². The van der Waals surface area contributed by atoms with E-state index in [4.69, 9.17) is 9.47 Å². The summed E-state index contributed by atoms with van der Waals surface area (Å²) in [6, 6.07) is 16.7. The van der Waals surface area contributed by atoms with Gasteiger partial charge in [0.25, 0.3) is 5.91 Å². The van der Waals surface area contributed by atoms with Gasteiger partial charge in [-0.15, -0.1) is 0 Å². The average molecular weight is 604 g/mol. The lowest BCUT2D eigenvalue weighted by atomic mass is 9.95. The van der Waals surface area contributed by atoms with Crippen LogP contribution < -0.4 is 15.4 Å². The van der Waals surface area contributed by atoms with E-state index in [2.05, 4.69) is 10.6 Å². The van der Waals surface area contributed by atoms with Crippen molar-refractivity contribution < 1.29 is 29.0 Å². The van der Waals surface area contributed by atoms with Crippen molar-refractivity contribution in [1.29, 1.82) is 0 Å². The number of carbonyl (C=O) groups excluding carboxylic acids is 3. The van der Waals surface area contributed by atoms with Gasteiger partial charge in [0.1, 0.15) is 29.2 Å². The van der Waals surface area contributed by atoms with Crippen molar-refractivity contribution in [3.05, 3.63) is 89.0 Å². The Morgan fingerprint density at radius 1 is 0.932 bits per heavy atom. The molecule has 0 aromatic heterocycles. The van der Waals surface area contributed by atoms with Crippen LogP contribution in [-0.2, 0) is 20.7 Å². The number of amides is 3. The predicted octanol–water partition coefficient (Wildman–Crippen LogP) is 6.46. The molecule has 3 amide bonds. The quantitative estimate of drug-likeness (QED) is 0.232. The Kier molecular flexibility index (Phi) is 11.4. The van der Waals surface area contributed by atoms with E-state index < -0.39 is 35.6 Å². The van der Waals surface area contributed by atoms with Crippen LogP contribution in [-0.4, -0.2) is 52.7 Å². The number of ether oxygens (including phenoxy) is 2. The van der Waals surface area contributed by atoms with Crippen LogP contribution in [0, 0.1) is 13.8 Å². The number of nitrogens with one attached hydrogen (secondary N) is 2. The first-order valence-electron chi connectivity index (χ1n) is 14.8. The number of rotatable bonds is 11. The number of aryl methyl sites for hydroxylation is 2. The molecule has 0 aliphatic heterocycles. The van der Waals surface area contributed by atoms with Crippen molar-refractivity contribution in [2.45, 2.75) is 85.0 Å². The van der Waals surface area contributed by atoms with Gasteiger partial charge in [-0.3, -0.25) is 9.59 Å². The summed E-state index contributed by atoms with van der Waals surface area (Å²) < 4.78 is 10.8. The second-order valence-corrected chi connectivity index (χ2v) is 12.0. The zero-order valence-corrected chi connectivity index (χ0v) is 26.9. The molecule has 3 rings (SSSR count). The Balaban J connectivity index is 2.10. The molecule has 9 nitrogen and oxygen atoms in total. The van der Waals surface area contributed by atoms with Gasteiger partial charge < -0.3 is 30.1 Å². The Labute approximate surface area is 260 Å². The van der Waals surface area contributed by atoms with E-state index in [0.717, 1.165) is 11.1 Å². The first-order chi connectivity index (χ1) is 20.7. The zero-order valence-electron chi connectivity index (χ0n) is 26.9. The lowest BCUT2D eigenvalue weighted by molar-refractivity contribution is -0.143. The molecule has 3 aromatic rings. The SMILES string of the molecule is CCC(C)N(C(=O)C(Cc1ccc(O)cc1)NC(=O)OC(C)(C)C)C(C(=O)Nc1ccc(OC)cc1)c1ccc(C)c(C)c1. The summed E-state index contributed by atoms with van der Waals surface area (Å²) >= 11 is 0. The van der Waals surface area contributed by atoms with Gasteiger partial charge in [-0.1, -0.05) is 37.3 Å². The molecule has 236 valence electrons. The second-order valence-electron chi connectivity index (χ2n) is 12.0. The second kappa shape index (κ2) is 14.8. The van der Waals surface area contributed by atoms with E-state index in [1.165, 1.54) is 12.1 Å². The van der Waals surface area contributed by atoms with Crippen molar-refractivity contribution >= 4 is 23.6 Å². The molecule has 3 atom stereocenters. The first kappa shape index (κ1) is 34.0. The fourth-order valence-electron chi connectivity index (χ4n) is 4.75. The summed E-state index contributed by atoms with van der Waals surface area (Å²) in [6.07, 6.45) is -0.0732. The van der Waals surface area contributed by atoms with E-state index >= 15 is 0 Å². The van der Waals surface area contributed by atoms with Crippen molar-refractivity contribution in [2.75, 3.05) is 12.4 Å². The molecule has 0 spiro atoms. The summed E-state index contributed by atoms with van der Waals surface area (Å²) in [5.41, 5.74) is 3.16. The largest absolute Gasteiger partial charge is 0.508 e. The number of alkyl carbamates (subject to hydrolysis) is 1.